The molecule has 0 bridgehead atoms. The molecule has 1 N–H and O–H groups in total. The Bertz CT molecular complexity index is 457. The Kier molecular flexibility index (Phi) is 6.58. The molecule has 0 aliphatic heterocycles. The average molecular weight is 295 g/mol. The predicted molar refractivity (Wildman–Crippen MR) is 82.0 cm³/mol. The number of carbonyl (C=O) groups is 2. The Hall–Kier alpha value is -1.49. The lowest BCUT2D eigenvalue weighted by molar-refractivity contribution is -0.137. The van der Waals surface area contributed by atoms with Crippen LogP contribution in [0.4, 0.5) is 0 Å². The number of amides is 1. The molecule has 0 atom stereocenters. The van der Waals surface area contributed by atoms with Crippen molar-refractivity contribution in [3.05, 3.63) is 35.4 Å². The van der Waals surface area contributed by atoms with Gasteiger partial charge in [0.15, 0.2) is 0 Å². The van der Waals surface area contributed by atoms with Gasteiger partial charge in [-0.15, -0.1) is 0 Å². The fourth-order valence-electron chi connectivity index (χ4n) is 1.92. The molecule has 110 valence electrons. The first-order valence-corrected chi connectivity index (χ1v) is 7.92. The van der Waals surface area contributed by atoms with Gasteiger partial charge in [-0.05, 0) is 29.9 Å². The van der Waals surface area contributed by atoms with E-state index in [0.29, 0.717) is 12.1 Å². The van der Waals surface area contributed by atoms with Crippen molar-refractivity contribution in [1.82, 2.24) is 4.90 Å². The maximum absolute atomic E-state index is 12.3. The number of nitrogens with zero attached hydrogens (tertiary/aromatic N) is 1. The molecule has 0 radical (unpaired) electrons. The molecule has 0 saturated carbocycles. The summed E-state index contributed by atoms with van der Waals surface area (Å²) in [5, 5.41) is 8.91. The third-order valence-corrected chi connectivity index (χ3v) is 3.33. The second kappa shape index (κ2) is 7.94. The monoisotopic (exact) mass is 295 g/mol. The van der Waals surface area contributed by atoms with Crippen molar-refractivity contribution in [2.45, 2.75) is 19.6 Å². The zero-order valence-electron chi connectivity index (χ0n) is 12.1. The molecule has 0 saturated heterocycles. The molecule has 1 rings (SSSR count). The lowest BCUT2D eigenvalue weighted by atomic mass is 10.1. The standard InChI is InChI=1S/C15H21NO3S/c1-11(2)8-16(9-14(17)18)15(19)13-6-4-12(5-7-13)10-20-3/h4-7,11H,8-10H2,1-3H3,(H,17,18). The topological polar surface area (TPSA) is 57.6 Å². The highest BCUT2D eigenvalue weighted by Crippen LogP contribution is 2.13. The van der Waals surface area contributed by atoms with Crippen molar-refractivity contribution in [3.8, 4) is 0 Å². The SMILES string of the molecule is CSCc1ccc(C(=O)N(CC(=O)O)CC(C)C)cc1. The maximum Gasteiger partial charge on any atom is 0.323 e. The lowest BCUT2D eigenvalue weighted by Crippen LogP contribution is -2.38. The van der Waals surface area contributed by atoms with Gasteiger partial charge in [0.2, 0.25) is 0 Å². The van der Waals surface area contributed by atoms with Crippen molar-refractivity contribution in [2.75, 3.05) is 19.3 Å². The van der Waals surface area contributed by atoms with E-state index < -0.39 is 5.97 Å². The number of hydrogen-bond donors (Lipinski definition) is 1. The quantitative estimate of drug-likeness (QED) is 0.840. The summed E-state index contributed by atoms with van der Waals surface area (Å²) in [6.45, 7) is 4.11. The van der Waals surface area contributed by atoms with Gasteiger partial charge in [-0.1, -0.05) is 26.0 Å². The normalized spacial score (nSPS) is 10.6. The van der Waals surface area contributed by atoms with E-state index in [1.165, 1.54) is 4.90 Å². The van der Waals surface area contributed by atoms with E-state index in [1.54, 1.807) is 23.9 Å². The number of hydrogen-bond acceptors (Lipinski definition) is 3. The fraction of sp³-hybridized carbons (Fsp3) is 0.467. The van der Waals surface area contributed by atoms with Gasteiger partial charge in [0, 0.05) is 17.9 Å². The van der Waals surface area contributed by atoms with Gasteiger partial charge in [-0.2, -0.15) is 11.8 Å². The first-order chi connectivity index (χ1) is 9.43. The largest absolute Gasteiger partial charge is 0.480 e. The van der Waals surface area contributed by atoms with E-state index in [9.17, 15) is 9.59 Å². The Morgan fingerprint density at radius 2 is 1.85 bits per heavy atom. The van der Waals surface area contributed by atoms with E-state index in [2.05, 4.69) is 0 Å². The second-order valence-electron chi connectivity index (χ2n) is 5.10. The molecule has 1 aromatic rings. The summed E-state index contributed by atoms with van der Waals surface area (Å²) >= 11 is 1.72. The molecule has 0 heterocycles. The van der Waals surface area contributed by atoms with Crippen molar-refractivity contribution in [1.29, 1.82) is 0 Å². The predicted octanol–water partition coefficient (Wildman–Crippen LogP) is 2.73. The molecule has 20 heavy (non-hydrogen) atoms. The van der Waals surface area contributed by atoms with Crippen LogP contribution in [0.2, 0.25) is 0 Å². The highest BCUT2D eigenvalue weighted by atomic mass is 32.2. The first kappa shape index (κ1) is 16.6. The van der Waals surface area contributed by atoms with Crippen LogP contribution in [-0.4, -0.2) is 41.2 Å². The van der Waals surface area contributed by atoms with E-state index >= 15 is 0 Å². The van der Waals surface area contributed by atoms with Gasteiger partial charge in [0.25, 0.3) is 5.91 Å². The van der Waals surface area contributed by atoms with Crippen molar-refractivity contribution < 1.29 is 14.7 Å². The van der Waals surface area contributed by atoms with Crippen LogP contribution < -0.4 is 0 Å². The molecule has 0 aliphatic carbocycles. The Morgan fingerprint density at radius 3 is 2.30 bits per heavy atom. The Morgan fingerprint density at radius 1 is 1.25 bits per heavy atom. The van der Waals surface area contributed by atoms with Crippen molar-refractivity contribution >= 4 is 23.6 Å². The molecule has 0 aliphatic rings. The first-order valence-electron chi connectivity index (χ1n) is 6.53. The minimum atomic E-state index is -0.988. The summed E-state index contributed by atoms with van der Waals surface area (Å²) in [7, 11) is 0. The molecule has 5 heteroatoms. The molecule has 1 aromatic carbocycles. The van der Waals surface area contributed by atoms with Gasteiger partial charge in [-0.25, -0.2) is 0 Å². The van der Waals surface area contributed by atoms with Gasteiger partial charge in [-0.3, -0.25) is 9.59 Å². The van der Waals surface area contributed by atoms with Crippen LogP contribution in [0.1, 0.15) is 29.8 Å². The van der Waals surface area contributed by atoms with Gasteiger partial charge >= 0.3 is 5.97 Å². The fourth-order valence-corrected chi connectivity index (χ4v) is 2.44. The van der Waals surface area contributed by atoms with Gasteiger partial charge < -0.3 is 10.0 Å². The smallest absolute Gasteiger partial charge is 0.323 e. The van der Waals surface area contributed by atoms with Crippen molar-refractivity contribution in [3.63, 3.8) is 0 Å². The Labute approximate surface area is 124 Å². The zero-order chi connectivity index (χ0) is 15.1. The van der Waals surface area contributed by atoms with Gasteiger partial charge in [0.1, 0.15) is 6.54 Å². The highest BCUT2D eigenvalue weighted by Gasteiger charge is 2.19. The second-order valence-corrected chi connectivity index (χ2v) is 5.97. The molecule has 0 spiro atoms. The summed E-state index contributed by atoms with van der Waals surface area (Å²) < 4.78 is 0. The van der Waals surface area contributed by atoms with Crippen LogP contribution in [0.5, 0.6) is 0 Å². The summed E-state index contributed by atoms with van der Waals surface area (Å²) in [6.07, 6.45) is 2.02. The number of benzene rings is 1. The average Bonchev–Trinajstić information content (AvgIpc) is 2.37. The lowest BCUT2D eigenvalue weighted by Gasteiger charge is -2.22. The van der Waals surface area contributed by atoms with Crippen LogP contribution in [-0.2, 0) is 10.5 Å². The minimum Gasteiger partial charge on any atom is -0.480 e. The molecule has 0 unspecified atom stereocenters. The number of carbonyl (C=O) groups excluding carboxylic acids is 1. The van der Waals surface area contributed by atoms with Gasteiger partial charge in [0.05, 0.1) is 0 Å². The third-order valence-electron chi connectivity index (χ3n) is 2.71. The molecular weight excluding hydrogens is 274 g/mol. The summed E-state index contributed by atoms with van der Waals surface area (Å²) in [5.41, 5.74) is 1.69. The van der Waals surface area contributed by atoms with Crippen LogP contribution >= 0.6 is 11.8 Å². The summed E-state index contributed by atoms with van der Waals surface area (Å²) in [5.74, 6) is -0.0804. The number of rotatable bonds is 7. The van der Waals surface area contributed by atoms with Crippen LogP contribution in [0.25, 0.3) is 0 Å². The van der Waals surface area contributed by atoms with E-state index in [0.717, 1.165) is 11.3 Å². The zero-order valence-corrected chi connectivity index (χ0v) is 12.9. The van der Waals surface area contributed by atoms with Crippen molar-refractivity contribution in [2.24, 2.45) is 5.92 Å². The molecule has 0 fully saturated rings. The molecular formula is C15H21NO3S. The highest BCUT2D eigenvalue weighted by molar-refractivity contribution is 7.97. The summed E-state index contributed by atoms with van der Waals surface area (Å²) in [4.78, 5) is 24.6. The minimum absolute atomic E-state index is 0.225. The molecule has 4 nitrogen and oxygen atoms in total. The molecule has 1 amide bonds. The van der Waals surface area contributed by atoms with Crippen LogP contribution in [0, 0.1) is 5.92 Å². The Balaban J connectivity index is 2.84. The number of thioether (sulfide) groups is 1. The maximum atomic E-state index is 12.3. The number of carboxylic acid groups (broad SMARTS) is 1. The number of aliphatic carboxylic acids is 1. The van der Waals surface area contributed by atoms with E-state index in [4.69, 9.17) is 5.11 Å². The number of carboxylic acids is 1. The van der Waals surface area contributed by atoms with Crippen LogP contribution in [0.3, 0.4) is 0 Å². The third kappa shape index (κ3) is 5.25. The van der Waals surface area contributed by atoms with E-state index in [1.807, 2.05) is 32.2 Å². The van der Waals surface area contributed by atoms with E-state index in [-0.39, 0.29) is 18.4 Å². The van der Waals surface area contributed by atoms with Crippen LogP contribution in [0.15, 0.2) is 24.3 Å². The molecule has 0 aromatic heterocycles. The summed E-state index contributed by atoms with van der Waals surface area (Å²) in [6, 6.07) is 7.36.